The van der Waals surface area contributed by atoms with Gasteiger partial charge < -0.3 is 10.6 Å². The van der Waals surface area contributed by atoms with Crippen molar-refractivity contribution >= 4 is 43.5 Å². The third kappa shape index (κ3) is 4.29. The molecule has 0 spiro atoms. The molecule has 1 amide bonds. The van der Waals surface area contributed by atoms with Gasteiger partial charge >= 0.3 is 0 Å². The lowest BCUT2D eigenvalue weighted by molar-refractivity contribution is -0.117. The van der Waals surface area contributed by atoms with Crippen LogP contribution in [0.1, 0.15) is 24.8 Å². The molecular formula is C14H18Br2N2O. The van der Waals surface area contributed by atoms with Crippen LogP contribution in [0.5, 0.6) is 0 Å². The SMILES string of the molecule is Cc1cc(Br)c(NC(=O)CC2CCNCC2)c(Br)c1. The van der Waals surface area contributed by atoms with E-state index in [0.717, 1.165) is 46.1 Å². The van der Waals surface area contributed by atoms with Crippen molar-refractivity contribution in [1.29, 1.82) is 0 Å². The molecule has 0 saturated carbocycles. The Labute approximate surface area is 130 Å². The zero-order valence-electron chi connectivity index (χ0n) is 10.9. The lowest BCUT2D eigenvalue weighted by atomic mass is 9.94. The van der Waals surface area contributed by atoms with E-state index in [-0.39, 0.29) is 5.91 Å². The molecule has 1 aliphatic heterocycles. The van der Waals surface area contributed by atoms with E-state index < -0.39 is 0 Å². The van der Waals surface area contributed by atoms with Gasteiger partial charge in [0.15, 0.2) is 0 Å². The number of halogens is 2. The van der Waals surface area contributed by atoms with Crippen LogP contribution in [-0.4, -0.2) is 19.0 Å². The second kappa shape index (κ2) is 6.86. The van der Waals surface area contributed by atoms with E-state index in [9.17, 15) is 4.79 Å². The Morgan fingerprint density at radius 2 is 1.89 bits per heavy atom. The first-order valence-corrected chi connectivity index (χ1v) is 8.11. The van der Waals surface area contributed by atoms with Crippen molar-refractivity contribution in [2.75, 3.05) is 18.4 Å². The average molecular weight is 390 g/mol. The van der Waals surface area contributed by atoms with Crippen molar-refractivity contribution in [3.05, 3.63) is 26.6 Å². The molecule has 5 heteroatoms. The Morgan fingerprint density at radius 1 is 1.32 bits per heavy atom. The highest BCUT2D eigenvalue weighted by Crippen LogP contribution is 2.32. The second-order valence-electron chi connectivity index (χ2n) is 5.05. The fourth-order valence-corrected chi connectivity index (χ4v) is 3.97. The van der Waals surface area contributed by atoms with Gasteiger partial charge in [-0.25, -0.2) is 0 Å². The topological polar surface area (TPSA) is 41.1 Å². The maximum absolute atomic E-state index is 12.1. The highest BCUT2D eigenvalue weighted by molar-refractivity contribution is 9.11. The fraction of sp³-hybridized carbons (Fsp3) is 0.500. The normalized spacial score (nSPS) is 16.4. The van der Waals surface area contributed by atoms with Gasteiger partial charge in [-0.15, -0.1) is 0 Å². The van der Waals surface area contributed by atoms with Crippen LogP contribution in [0.3, 0.4) is 0 Å². The van der Waals surface area contributed by atoms with Crippen LogP contribution in [0.15, 0.2) is 21.1 Å². The summed E-state index contributed by atoms with van der Waals surface area (Å²) in [6.45, 7) is 4.07. The zero-order valence-corrected chi connectivity index (χ0v) is 14.1. The minimum Gasteiger partial charge on any atom is -0.324 e. The van der Waals surface area contributed by atoms with Gasteiger partial charge in [0.25, 0.3) is 0 Å². The third-order valence-corrected chi connectivity index (χ3v) is 4.63. The lowest BCUT2D eigenvalue weighted by Crippen LogP contribution is -2.30. The summed E-state index contributed by atoms with van der Waals surface area (Å²) in [6.07, 6.45) is 2.78. The molecule has 19 heavy (non-hydrogen) atoms. The maximum atomic E-state index is 12.1. The maximum Gasteiger partial charge on any atom is 0.224 e. The van der Waals surface area contributed by atoms with Crippen LogP contribution in [0.25, 0.3) is 0 Å². The fourth-order valence-electron chi connectivity index (χ4n) is 2.36. The number of piperidine rings is 1. The molecule has 0 atom stereocenters. The van der Waals surface area contributed by atoms with E-state index in [4.69, 9.17) is 0 Å². The average Bonchev–Trinajstić information content (AvgIpc) is 2.35. The quantitative estimate of drug-likeness (QED) is 0.824. The first-order chi connectivity index (χ1) is 9.06. The number of nitrogens with one attached hydrogen (secondary N) is 2. The van der Waals surface area contributed by atoms with Crippen LogP contribution in [0.2, 0.25) is 0 Å². The van der Waals surface area contributed by atoms with Crippen LogP contribution in [0, 0.1) is 12.8 Å². The van der Waals surface area contributed by atoms with Crippen LogP contribution in [0.4, 0.5) is 5.69 Å². The van der Waals surface area contributed by atoms with Crippen molar-refractivity contribution in [3.8, 4) is 0 Å². The van der Waals surface area contributed by atoms with Gasteiger partial charge in [0.1, 0.15) is 0 Å². The summed E-state index contributed by atoms with van der Waals surface area (Å²) < 4.78 is 1.83. The Bertz CT molecular complexity index is 448. The molecule has 0 radical (unpaired) electrons. The van der Waals surface area contributed by atoms with Crippen LogP contribution >= 0.6 is 31.9 Å². The van der Waals surface area contributed by atoms with Gasteiger partial charge in [-0.3, -0.25) is 4.79 Å². The molecule has 2 N–H and O–H groups in total. The summed E-state index contributed by atoms with van der Waals surface area (Å²) >= 11 is 6.99. The van der Waals surface area contributed by atoms with Gasteiger partial charge in [0, 0.05) is 15.4 Å². The van der Waals surface area contributed by atoms with Crippen molar-refractivity contribution in [2.24, 2.45) is 5.92 Å². The molecule has 3 nitrogen and oxygen atoms in total. The van der Waals surface area contributed by atoms with Crippen molar-refractivity contribution < 1.29 is 4.79 Å². The van der Waals surface area contributed by atoms with Crippen LogP contribution < -0.4 is 10.6 Å². The zero-order chi connectivity index (χ0) is 13.8. The van der Waals surface area contributed by atoms with E-state index in [1.165, 1.54) is 0 Å². The molecule has 104 valence electrons. The number of hydrogen-bond donors (Lipinski definition) is 2. The number of hydrogen-bond acceptors (Lipinski definition) is 2. The highest BCUT2D eigenvalue weighted by Gasteiger charge is 2.18. The number of amides is 1. The molecule has 1 heterocycles. The van der Waals surface area contributed by atoms with E-state index in [2.05, 4.69) is 42.5 Å². The minimum absolute atomic E-state index is 0.0946. The monoisotopic (exact) mass is 388 g/mol. The molecular weight excluding hydrogens is 372 g/mol. The molecule has 0 bridgehead atoms. The molecule has 1 aromatic carbocycles. The molecule has 1 saturated heterocycles. The predicted molar refractivity (Wildman–Crippen MR) is 85.4 cm³/mol. The summed E-state index contributed by atoms with van der Waals surface area (Å²) in [4.78, 5) is 12.1. The van der Waals surface area contributed by atoms with Crippen molar-refractivity contribution in [3.63, 3.8) is 0 Å². The smallest absolute Gasteiger partial charge is 0.224 e. The van der Waals surface area contributed by atoms with Gasteiger partial charge in [-0.05, 0) is 88.3 Å². The predicted octanol–water partition coefficient (Wildman–Crippen LogP) is 3.85. The second-order valence-corrected chi connectivity index (χ2v) is 6.76. The summed E-state index contributed by atoms with van der Waals surface area (Å²) in [5.74, 6) is 0.599. The number of carbonyl (C=O) groups is 1. The van der Waals surface area contributed by atoms with E-state index in [0.29, 0.717) is 12.3 Å². The molecule has 0 aliphatic carbocycles. The number of carbonyl (C=O) groups excluding carboxylic acids is 1. The highest BCUT2D eigenvalue weighted by atomic mass is 79.9. The Kier molecular flexibility index (Phi) is 5.42. The lowest BCUT2D eigenvalue weighted by Gasteiger charge is -2.22. The molecule has 1 aliphatic rings. The number of anilines is 1. The van der Waals surface area contributed by atoms with Gasteiger partial charge in [0.2, 0.25) is 5.91 Å². The first-order valence-electron chi connectivity index (χ1n) is 6.52. The largest absolute Gasteiger partial charge is 0.324 e. The first kappa shape index (κ1) is 15.0. The number of aryl methyl sites for hydroxylation is 1. The van der Waals surface area contributed by atoms with E-state index in [1.807, 2.05) is 19.1 Å². The van der Waals surface area contributed by atoms with E-state index in [1.54, 1.807) is 0 Å². The molecule has 0 aromatic heterocycles. The Balaban J connectivity index is 1.98. The summed E-state index contributed by atoms with van der Waals surface area (Å²) in [6, 6.07) is 4.01. The van der Waals surface area contributed by atoms with Crippen molar-refractivity contribution in [2.45, 2.75) is 26.2 Å². The molecule has 1 fully saturated rings. The Morgan fingerprint density at radius 3 is 2.47 bits per heavy atom. The molecule has 2 rings (SSSR count). The summed E-state index contributed by atoms with van der Waals surface area (Å²) in [7, 11) is 0. The van der Waals surface area contributed by atoms with E-state index >= 15 is 0 Å². The van der Waals surface area contributed by atoms with Gasteiger partial charge in [0.05, 0.1) is 5.69 Å². The molecule has 1 aromatic rings. The van der Waals surface area contributed by atoms with Gasteiger partial charge in [-0.1, -0.05) is 0 Å². The summed E-state index contributed by atoms with van der Waals surface area (Å²) in [5, 5.41) is 6.32. The Hall–Kier alpha value is -0.390. The van der Waals surface area contributed by atoms with Gasteiger partial charge in [-0.2, -0.15) is 0 Å². The van der Waals surface area contributed by atoms with Crippen LogP contribution in [-0.2, 0) is 4.79 Å². The minimum atomic E-state index is 0.0946. The van der Waals surface area contributed by atoms with Crippen molar-refractivity contribution in [1.82, 2.24) is 5.32 Å². The number of rotatable bonds is 3. The third-order valence-electron chi connectivity index (χ3n) is 3.38. The standard InChI is InChI=1S/C14H18Br2N2O/c1-9-6-11(15)14(12(16)7-9)18-13(19)8-10-2-4-17-5-3-10/h6-7,10,17H,2-5,8H2,1H3,(H,18,19). The summed E-state index contributed by atoms with van der Waals surface area (Å²) in [5.41, 5.74) is 1.97. The molecule has 0 unspecified atom stereocenters. The number of benzene rings is 1.